The molecule has 0 aromatic heterocycles. The first-order valence-electron chi connectivity index (χ1n) is 12.0. The fourth-order valence-corrected chi connectivity index (χ4v) is 3.64. The third kappa shape index (κ3) is 9.57. The highest BCUT2D eigenvalue weighted by molar-refractivity contribution is 5.77. The number of ether oxygens (including phenoxy) is 8. The Morgan fingerprint density at radius 2 is 1.62 bits per heavy atom. The van der Waals surface area contributed by atoms with Gasteiger partial charge >= 0.3 is 23.9 Å². The molecule has 0 aliphatic carbocycles. The molecule has 16 nitrogen and oxygen atoms in total. The predicted octanol–water partition coefficient (Wildman–Crippen LogP) is 0.956. The summed E-state index contributed by atoms with van der Waals surface area (Å²) < 4.78 is 43.2. The van der Waals surface area contributed by atoms with Crippen LogP contribution >= 0.6 is 0 Å². The molecule has 0 amide bonds. The highest BCUT2D eigenvalue weighted by atomic mass is 16.7. The van der Waals surface area contributed by atoms with Crippen molar-refractivity contribution in [2.75, 3.05) is 33.5 Å². The van der Waals surface area contributed by atoms with Gasteiger partial charge in [0.1, 0.15) is 18.1 Å². The lowest BCUT2D eigenvalue weighted by atomic mass is 9.97. The summed E-state index contributed by atoms with van der Waals surface area (Å²) in [4.78, 5) is 51.0. The van der Waals surface area contributed by atoms with Crippen LogP contribution in [0.3, 0.4) is 0 Å². The van der Waals surface area contributed by atoms with Crippen LogP contribution in [0, 0.1) is 0 Å². The van der Waals surface area contributed by atoms with Crippen LogP contribution in [0.2, 0.25) is 0 Å². The van der Waals surface area contributed by atoms with Gasteiger partial charge in [-0.3, -0.25) is 14.4 Å². The van der Waals surface area contributed by atoms with Gasteiger partial charge in [-0.2, -0.15) is 0 Å². The van der Waals surface area contributed by atoms with Gasteiger partial charge in [0.25, 0.3) is 0 Å². The Morgan fingerprint density at radius 1 is 0.975 bits per heavy atom. The molecule has 1 aromatic rings. The van der Waals surface area contributed by atoms with Gasteiger partial charge in [-0.25, -0.2) is 4.79 Å². The molecule has 1 saturated heterocycles. The minimum atomic E-state index is -1.64. The second-order valence-electron chi connectivity index (χ2n) is 8.13. The summed E-state index contributed by atoms with van der Waals surface area (Å²) in [5.74, 6) is -3.17. The Bertz CT molecular complexity index is 1090. The maximum absolute atomic E-state index is 12.6. The fourth-order valence-electron chi connectivity index (χ4n) is 3.64. The molecule has 16 heteroatoms. The first-order valence-corrected chi connectivity index (χ1v) is 12.0. The SMILES string of the molecule is COC(=O)[C@H]1O[C@@H](Oc2cc(OCCOCCN=[N+]=[N-])ccc2CO)[C@H](OC(C)=O)[C@@H](OC(C)=O)[C@@H]1OC(C)=O. The van der Waals surface area contributed by atoms with E-state index in [9.17, 15) is 24.3 Å². The van der Waals surface area contributed by atoms with Gasteiger partial charge in [0.05, 0.1) is 26.9 Å². The van der Waals surface area contributed by atoms with Crippen molar-refractivity contribution in [3.8, 4) is 11.5 Å². The van der Waals surface area contributed by atoms with E-state index >= 15 is 0 Å². The number of hydrogen-bond donors (Lipinski definition) is 1. The summed E-state index contributed by atoms with van der Waals surface area (Å²) in [6.45, 7) is 3.41. The molecule has 0 unspecified atom stereocenters. The van der Waals surface area contributed by atoms with E-state index in [1.807, 2.05) is 0 Å². The number of nitrogens with zero attached hydrogens (tertiary/aromatic N) is 3. The number of rotatable bonds is 14. The number of carbonyl (C=O) groups excluding carboxylic acids is 4. The highest BCUT2D eigenvalue weighted by Crippen LogP contribution is 2.33. The second-order valence-corrected chi connectivity index (χ2v) is 8.13. The molecule has 1 N–H and O–H groups in total. The molecular weight excluding hydrogens is 538 g/mol. The van der Waals surface area contributed by atoms with Crippen LogP contribution in [0.1, 0.15) is 26.3 Å². The molecule has 0 saturated carbocycles. The van der Waals surface area contributed by atoms with Crippen molar-refractivity contribution < 1.29 is 62.2 Å². The minimum absolute atomic E-state index is 0.0163. The minimum Gasteiger partial charge on any atom is -0.491 e. The van der Waals surface area contributed by atoms with Gasteiger partial charge in [0.15, 0.2) is 18.3 Å². The van der Waals surface area contributed by atoms with Crippen LogP contribution < -0.4 is 9.47 Å². The van der Waals surface area contributed by atoms with Crippen LogP contribution in [-0.2, 0) is 54.2 Å². The van der Waals surface area contributed by atoms with E-state index in [0.29, 0.717) is 5.75 Å². The molecule has 1 aromatic carbocycles. The van der Waals surface area contributed by atoms with Crippen molar-refractivity contribution in [3.05, 3.63) is 34.2 Å². The zero-order chi connectivity index (χ0) is 29.7. The smallest absolute Gasteiger partial charge is 0.339 e. The molecule has 1 fully saturated rings. The number of aliphatic hydroxyl groups excluding tert-OH is 1. The van der Waals surface area contributed by atoms with Crippen LogP contribution in [0.5, 0.6) is 11.5 Å². The van der Waals surface area contributed by atoms with E-state index in [1.54, 1.807) is 6.07 Å². The Balaban J connectivity index is 2.37. The molecule has 1 heterocycles. The fraction of sp³-hybridized carbons (Fsp3) is 0.583. The van der Waals surface area contributed by atoms with Crippen molar-refractivity contribution in [1.82, 2.24) is 0 Å². The highest BCUT2D eigenvalue weighted by Gasteiger charge is 2.56. The average molecular weight is 570 g/mol. The lowest BCUT2D eigenvalue weighted by Crippen LogP contribution is -2.64. The van der Waals surface area contributed by atoms with Crippen LogP contribution in [0.4, 0.5) is 0 Å². The third-order valence-electron chi connectivity index (χ3n) is 5.18. The summed E-state index contributed by atoms with van der Waals surface area (Å²) in [7, 11) is 1.07. The summed E-state index contributed by atoms with van der Waals surface area (Å²) in [5.41, 5.74) is 8.54. The topological polar surface area (TPSA) is 211 Å². The molecule has 1 aliphatic heterocycles. The molecule has 220 valence electrons. The summed E-state index contributed by atoms with van der Waals surface area (Å²) >= 11 is 0. The predicted molar refractivity (Wildman–Crippen MR) is 131 cm³/mol. The van der Waals surface area contributed by atoms with Crippen molar-refractivity contribution in [1.29, 1.82) is 0 Å². The maximum atomic E-state index is 12.6. The molecule has 5 atom stereocenters. The van der Waals surface area contributed by atoms with E-state index in [-0.39, 0.29) is 37.7 Å². The van der Waals surface area contributed by atoms with Gasteiger partial charge in [-0.1, -0.05) is 5.11 Å². The number of carbonyl (C=O) groups is 4. The quantitative estimate of drug-likeness (QED) is 0.0827. The van der Waals surface area contributed by atoms with Gasteiger partial charge < -0.3 is 43.0 Å². The monoisotopic (exact) mass is 569 g/mol. The Kier molecular flexibility index (Phi) is 12.9. The van der Waals surface area contributed by atoms with Crippen LogP contribution in [0.15, 0.2) is 23.3 Å². The summed E-state index contributed by atoms with van der Waals surface area (Å²) in [6, 6.07) is 4.46. The normalized spacial score (nSPS) is 21.8. The average Bonchev–Trinajstić information content (AvgIpc) is 2.90. The molecule has 1 aliphatic rings. The Labute approximate surface area is 228 Å². The maximum Gasteiger partial charge on any atom is 0.339 e. The Morgan fingerprint density at radius 3 is 2.23 bits per heavy atom. The van der Waals surface area contributed by atoms with E-state index in [0.717, 1.165) is 27.9 Å². The molecule has 0 bridgehead atoms. The van der Waals surface area contributed by atoms with Crippen molar-refractivity contribution in [2.45, 2.75) is 58.1 Å². The first kappa shape index (κ1) is 32.1. The van der Waals surface area contributed by atoms with Crippen molar-refractivity contribution >= 4 is 23.9 Å². The van der Waals surface area contributed by atoms with Crippen molar-refractivity contribution in [3.63, 3.8) is 0 Å². The third-order valence-corrected chi connectivity index (χ3v) is 5.18. The lowest BCUT2D eigenvalue weighted by Gasteiger charge is -2.43. The number of aliphatic hydroxyl groups is 1. The van der Waals surface area contributed by atoms with Crippen LogP contribution in [-0.4, -0.2) is 93.2 Å². The zero-order valence-electron chi connectivity index (χ0n) is 22.3. The number of methoxy groups -OCH3 is 1. The van der Waals surface area contributed by atoms with Crippen LogP contribution in [0.25, 0.3) is 10.4 Å². The van der Waals surface area contributed by atoms with Gasteiger partial charge in [-0.05, 0) is 17.7 Å². The summed E-state index contributed by atoms with van der Waals surface area (Å²) in [5, 5.41) is 13.2. The molecule has 40 heavy (non-hydrogen) atoms. The first-order chi connectivity index (χ1) is 19.1. The van der Waals surface area contributed by atoms with Gasteiger partial charge in [0.2, 0.25) is 12.4 Å². The zero-order valence-corrected chi connectivity index (χ0v) is 22.3. The van der Waals surface area contributed by atoms with Gasteiger partial charge in [-0.15, -0.1) is 0 Å². The second kappa shape index (κ2) is 16.1. The van der Waals surface area contributed by atoms with E-state index in [2.05, 4.69) is 10.0 Å². The van der Waals surface area contributed by atoms with E-state index < -0.39 is 61.2 Å². The molecular formula is C24H31N3O13. The molecule has 0 spiro atoms. The van der Waals surface area contributed by atoms with E-state index in [4.69, 9.17) is 43.4 Å². The Hall–Kier alpha value is -4.11. The molecule has 0 radical (unpaired) electrons. The number of azide groups is 1. The van der Waals surface area contributed by atoms with Gasteiger partial charge in [0, 0.05) is 43.9 Å². The van der Waals surface area contributed by atoms with Crippen molar-refractivity contribution in [2.24, 2.45) is 5.11 Å². The number of esters is 4. The summed E-state index contributed by atoms with van der Waals surface area (Å²) in [6.07, 6.45) is -7.85. The standard InChI is InChI=1S/C24H31N3O13/c1-13(29)36-19-20(37-14(2)30)22(38-15(3)31)24(40-21(19)23(32)33-4)39-18-11-17(6-5-16(18)12-28)35-10-9-34-8-7-26-27-25/h5-6,11,19-22,24,28H,7-10,12H2,1-4H3/t19-,20-,21-,22+,24+/m0/s1. The molecule has 2 rings (SSSR count). The number of hydrogen-bond acceptors (Lipinski definition) is 14. The largest absolute Gasteiger partial charge is 0.491 e. The van der Waals surface area contributed by atoms with E-state index in [1.165, 1.54) is 12.1 Å². The number of benzene rings is 1. The lowest BCUT2D eigenvalue weighted by molar-refractivity contribution is -0.282.